The molecular formula is C13H21N3O3S. The van der Waals surface area contributed by atoms with Crippen molar-refractivity contribution in [2.75, 3.05) is 13.1 Å². The third kappa shape index (κ3) is 5.68. The number of benzene rings is 1. The highest BCUT2D eigenvalue weighted by atomic mass is 32.2. The SMILES string of the molecule is Cc1ccc(S(=O)(=O)NCCNC(=O)CC(C)N)cc1. The van der Waals surface area contributed by atoms with Gasteiger partial charge in [-0.2, -0.15) is 0 Å². The van der Waals surface area contributed by atoms with E-state index in [0.717, 1.165) is 5.56 Å². The fourth-order valence-corrected chi connectivity index (χ4v) is 2.58. The second-order valence-corrected chi connectivity index (χ2v) is 6.51. The highest BCUT2D eigenvalue weighted by molar-refractivity contribution is 7.89. The molecule has 0 bridgehead atoms. The van der Waals surface area contributed by atoms with Gasteiger partial charge in [-0.1, -0.05) is 17.7 Å². The third-order valence-electron chi connectivity index (χ3n) is 2.58. The lowest BCUT2D eigenvalue weighted by atomic mass is 10.2. The molecule has 0 aliphatic carbocycles. The fraction of sp³-hybridized carbons (Fsp3) is 0.462. The molecule has 4 N–H and O–H groups in total. The summed E-state index contributed by atoms with van der Waals surface area (Å²) in [6.45, 7) is 4.00. The molecular weight excluding hydrogens is 278 g/mol. The lowest BCUT2D eigenvalue weighted by Crippen LogP contribution is -2.36. The molecule has 1 rings (SSSR count). The van der Waals surface area contributed by atoms with Gasteiger partial charge in [-0.05, 0) is 26.0 Å². The van der Waals surface area contributed by atoms with E-state index in [4.69, 9.17) is 5.73 Å². The van der Waals surface area contributed by atoms with E-state index in [-0.39, 0.29) is 36.4 Å². The molecule has 0 heterocycles. The summed E-state index contributed by atoms with van der Waals surface area (Å²) in [5.74, 6) is -0.186. The van der Waals surface area contributed by atoms with Crippen LogP contribution in [-0.2, 0) is 14.8 Å². The number of sulfonamides is 1. The molecule has 0 saturated carbocycles. The minimum Gasteiger partial charge on any atom is -0.355 e. The smallest absolute Gasteiger partial charge is 0.240 e. The van der Waals surface area contributed by atoms with Gasteiger partial charge in [-0.3, -0.25) is 4.79 Å². The molecule has 0 radical (unpaired) electrons. The Morgan fingerprint density at radius 2 is 1.85 bits per heavy atom. The Bertz CT molecular complexity index is 538. The predicted molar refractivity (Wildman–Crippen MR) is 77.6 cm³/mol. The van der Waals surface area contributed by atoms with Gasteiger partial charge in [-0.25, -0.2) is 13.1 Å². The van der Waals surface area contributed by atoms with Gasteiger partial charge in [0.1, 0.15) is 0 Å². The predicted octanol–water partition coefficient (Wildman–Crippen LogP) is 0.127. The molecule has 1 aromatic rings. The fourth-order valence-electron chi connectivity index (χ4n) is 1.55. The minimum absolute atomic E-state index is 0.140. The van der Waals surface area contributed by atoms with Gasteiger partial charge in [0.25, 0.3) is 0 Å². The first kappa shape index (κ1) is 16.6. The maximum absolute atomic E-state index is 11.9. The van der Waals surface area contributed by atoms with E-state index in [0.29, 0.717) is 0 Å². The van der Waals surface area contributed by atoms with Crippen LogP contribution in [0, 0.1) is 6.92 Å². The Morgan fingerprint density at radius 1 is 1.25 bits per heavy atom. The van der Waals surface area contributed by atoms with E-state index in [1.165, 1.54) is 0 Å². The molecule has 7 heteroatoms. The average Bonchev–Trinajstić information content (AvgIpc) is 2.34. The van der Waals surface area contributed by atoms with E-state index in [1.54, 1.807) is 31.2 Å². The molecule has 0 saturated heterocycles. The van der Waals surface area contributed by atoms with Crippen molar-refractivity contribution in [3.63, 3.8) is 0 Å². The molecule has 1 atom stereocenters. The summed E-state index contributed by atoms with van der Waals surface area (Å²) in [7, 11) is -3.52. The van der Waals surface area contributed by atoms with Crippen molar-refractivity contribution < 1.29 is 13.2 Å². The zero-order valence-corrected chi connectivity index (χ0v) is 12.5. The van der Waals surface area contributed by atoms with E-state index in [9.17, 15) is 13.2 Å². The van der Waals surface area contributed by atoms with Crippen LogP contribution in [0.4, 0.5) is 0 Å². The second kappa shape index (κ2) is 7.37. The normalized spacial score (nSPS) is 12.9. The van der Waals surface area contributed by atoms with Crippen molar-refractivity contribution in [3.8, 4) is 0 Å². The quantitative estimate of drug-likeness (QED) is 0.623. The molecule has 0 fully saturated rings. The summed E-state index contributed by atoms with van der Waals surface area (Å²) in [6.07, 6.45) is 0.227. The summed E-state index contributed by atoms with van der Waals surface area (Å²) in [4.78, 5) is 11.5. The highest BCUT2D eigenvalue weighted by Crippen LogP contribution is 2.09. The molecule has 0 aromatic heterocycles. The van der Waals surface area contributed by atoms with Gasteiger partial charge in [0.05, 0.1) is 4.90 Å². The maximum atomic E-state index is 11.9. The van der Waals surface area contributed by atoms with Crippen molar-refractivity contribution in [3.05, 3.63) is 29.8 Å². The molecule has 0 aliphatic rings. The Balaban J connectivity index is 2.41. The van der Waals surface area contributed by atoms with Crippen LogP contribution in [0.2, 0.25) is 0 Å². The zero-order chi connectivity index (χ0) is 15.2. The van der Waals surface area contributed by atoms with E-state index in [2.05, 4.69) is 10.0 Å². The Hall–Kier alpha value is -1.44. The van der Waals surface area contributed by atoms with Gasteiger partial charge < -0.3 is 11.1 Å². The summed E-state index contributed by atoms with van der Waals surface area (Å²) >= 11 is 0. The lowest BCUT2D eigenvalue weighted by molar-refractivity contribution is -0.121. The zero-order valence-electron chi connectivity index (χ0n) is 11.7. The van der Waals surface area contributed by atoms with Gasteiger partial charge in [-0.15, -0.1) is 0 Å². The number of rotatable bonds is 7. The largest absolute Gasteiger partial charge is 0.355 e. The Morgan fingerprint density at radius 3 is 2.40 bits per heavy atom. The molecule has 1 amide bonds. The molecule has 1 aromatic carbocycles. The first-order valence-electron chi connectivity index (χ1n) is 6.40. The van der Waals surface area contributed by atoms with E-state index in [1.807, 2.05) is 6.92 Å². The summed E-state index contributed by atoms with van der Waals surface area (Å²) in [6, 6.07) is 6.36. The number of aryl methyl sites for hydroxylation is 1. The number of carbonyl (C=O) groups excluding carboxylic acids is 1. The van der Waals surface area contributed by atoms with Gasteiger partial charge in [0, 0.05) is 25.6 Å². The van der Waals surface area contributed by atoms with E-state index < -0.39 is 10.0 Å². The molecule has 0 aliphatic heterocycles. The summed E-state index contributed by atoms with van der Waals surface area (Å²) < 4.78 is 26.3. The number of hydrogen-bond acceptors (Lipinski definition) is 4. The maximum Gasteiger partial charge on any atom is 0.240 e. The van der Waals surface area contributed by atoms with Gasteiger partial charge in [0.2, 0.25) is 15.9 Å². The van der Waals surface area contributed by atoms with Crippen molar-refractivity contribution in [1.82, 2.24) is 10.0 Å². The minimum atomic E-state index is -3.52. The van der Waals surface area contributed by atoms with Crippen LogP contribution in [0.25, 0.3) is 0 Å². The standard InChI is InChI=1S/C13H21N3O3S/c1-10-3-5-12(6-4-10)20(18,19)16-8-7-15-13(17)9-11(2)14/h3-6,11,16H,7-9,14H2,1-2H3,(H,15,17). The van der Waals surface area contributed by atoms with Crippen molar-refractivity contribution in [1.29, 1.82) is 0 Å². The van der Waals surface area contributed by atoms with Crippen LogP contribution in [-0.4, -0.2) is 33.5 Å². The van der Waals surface area contributed by atoms with Crippen LogP contribution in [0.15, 0.2) is 29.2 Å². The molecule has 20 heavy (non-hydrogen) atoms. The Kier molecular flexibility index (Phi) is 6.12. The number of hydrogen-bond donors (Lipinski definition) is 3. The van der Waals surface area contributed by atoms with Gasteiger partial charge in [0.15, 0.2) is 0 Å². The van der Waals surface area contributed by atoms with Crippen LogP contribution in [0.5, 0.6) is 0 Å². The third-order valence-corrected chi connectivity index (χ3v) is 4.05. The first-order chi connectivity index (χ1) is 9.31. The van der Waals surface area contributed by atoms with Gasteiger partial charge >= 0.3 is 0 Å². The van der Waals surface area contributed by atoms with Crippen LogP contribution in [0.1, 0.15) is 18.9 Å². The topological polar surface area (TPSA) is 101 Å². The highest BCUT2D eigenvalue weighted by Gasteiger charge is 2.12. The summed E-state index contributed by atoms with van der Waals surface area (Å²) in [5, 5.41) is 2.60. The molecule has 0 spiro atoms. The van der Waals surface area contributed by atoms with E-state index >= 15 is 0 Å². The first-order valence-corrected chi connectivity index (χ1v) is 7.88. The lowest BCUT2D eigenvalue weighted by Gasteiger charge is -2.09. The number of nitrogens with two attached hydrogens (primary N) is 1. The van der Waals surface area contributed by atoms with Crippen LogP contribution >= 0.6 is 0 Å². The monoisotopic (exact) mass is 299 g/mol. The second-order valence-electron chi connectivity index (χ2n) is 4.74. The van der Waals surface area contributed by atoms with Crippen molar-refractivity contribution in [2.45, 2.75) is 31.2 Å². The number of amides is 1. The van der Waals surface area contributed by atoms with Crippen molar-refractivity contribution in [2.24, 2.45) is 5.73 Å². The summed E-state index contributed by atoms with van der Waals surface area (Å²) in [5.41, 5.74) is 6.48. The molecule has 1 unspecified atom stereocenters. The number of carbonyl (C=O) groups is 1. The number of nitrogens with one attached hydrogen (secondary N) is 2. The molecule has 6 nitrogen and oxygen atoms in total. The van der Waals surface area contributed by atoms with Crippen molar-refractivity contribution >= 4 is 15.9 Å². The molecule has 112 valence electrons. The van der Waals surface area contributed by atoms with Crippen LogP contribution < -0.4 is 15.8 Å². The Labute approximate surface area is 119 Å². The average molecular weight is 299 g/mol. The van der Waals surface area contributed by atoms with Crippen LogP contribution in [0.3, 0.4) is 0 Å².